The van der Waals surface area contributed by atoms with Crippen LogP contribution in [0.1, 0.15) is 37.1 Å². The van der Waals surface area contributed by atoms with Crippen molar-refractivity contribution in [1.29, 1.82) is 0 Å². The number of tetrazole rings is 1. The summed E-state index contributed by atoms with van der Waals surface area (Å²) in [6.45, 7) is 1.69. The highest BCUT2D eigenvalue weighted by Crippen LogP contribution is 2.30. The first-order valence-electron chi connectivity index (χ1n) is 9.10. The molecule has 0 spiro atoms. The monoisotopic (exact) mass is 398 g/mol. The zero-order chi connectivity index (χ0) is 19.5. The van der Waals surface area contributed by atoms with Crippen molar-refractivity contribution in [3.63, 3.8) is 0 Å². The number of aryl methyl sites for hydroxylation is 1. The molecule has 4 rings (SSSR count). The predicted octanol–water partition coefficient (Wildman–Crippen LogP) is 3.78. The van der Waals surface area contributed by atoms with Crippen molar-refractivity contribution in [2.24, 2.45) is 5.92 Å². The molecule has 0 atom stereocenters. The summed E-state index contributed by atoms with van der Waals surface area (Å²) in [5.41, 5.74) is 1.22. The van der Waals surface area contributed by atoms with E-state index >= 15 is 0 Å². The summed E-state index contributed by atoms with van der Waals surface area (Å²) in [5.74, 6) is 0.0244. The minimum atomic E-state index is -0.493. The number of aromatic nitrogens is 5. The largest absolute Gasteiger partial charge is 0.298 e. The normalized spacial score (nSPS) is 15.1. The van der Waals surface area contributed by atoms with E-state index in [4.69, 9.17) is 0 Å². The van der Waals surface area contributed by atoms with Crippen molar-refractivity contribution < 1.29 is 9.18 Å². The van der Waals surface area contributed by atoms with Crippen LogP contribution < -0.4 is 5.32 Å². The number of anilines is 1. The highest BCUT2D eigenvalue weighted by molar-refractivity contribution is 7.13. The van der Waals surface area contributed by atoms with E-state index in [9.17, 15) is 9.18 Å². The Morgan fingerprint density at radius 3 is 2.82 bits per heavy atom. The molecule has 1 saturated carbocycles. The number of nitrogens with zero attached hydrogens (tertiary/aromatic N) is 5. The molecule has 1 amide bonds. The summed E-state index contributed by atoms with van der Waals surface area (Å²) in [6, 6.07) is 4.67. The van der Waals surface area contributed by atoms with Crippen molar-refractivity contribution in [2.45, 2.75) is 32.6 Å². The lowest BCUT2D eigenvalue weighted by Gasteiger charge is -2.12. The smallest absolute Gasteiger partial charge is 0.257 e. The predicted molar refractivity (Wildman–Crippen MR) is 105 cm³/mol. The molecular weight excluding hydrogens is 379 g/mol. The van der Waals surface area contributed by atoms with Crippen LogP contribution in [0.2, 0.25) is 0 Å². The van der Waals surface area contributed by atoms with Gasteiger partial charge >= 0.3 is 0 Å². The van der Waals surface area contributed by atoms with Gasteiger partial charge in [0.2, 0.25) is 0 Å². The van der Waals surface area contributed by atoms with Crippen LogP contribution in [0, 0.1) is 18.7 Å². The second-order valence-electron chi connectivity index (χ2n) is 6.72. The van der Waals surface area contributed by atoms with Crippen LogP contribution in [-0.4, -0.2) is 31.1 Å². The van der Waals surface area contributed by atoms with E-state index in [0.29, 0.717) is 28.0 Å². The van der Waals surface area contributed by atoms with Crippen LogP contribution in [-0.2, 0) is 4.79 Å². The van der Waals surface area contributed by atoms with E-state index in [1.807, 2.05) is 6.08 Å². The Labute approximate surface area is 165 Å². The standard InChI is InChI=1S/C19H19FN6OS/c1-12-23-24-25-26(12)17-7-6-14(11-16(17)20)15(10-13-4-2-3-5-13)18(27)22-19-21-8-9-28-19/h6-11,13H,2-5H2,1H3,(H,21,22,27). The number of benzene rings is 1. The molecule has 3 aromatic rings. The van der Waals surface area contributed by atoms with Gasteiger partial charge in [-0.3, -0.25) is 10.1 Å². The molecule has 144 valence electrons. The molecule has 2 heterocycles. The summed E-state index contributed by atoms with van der Waals surface area (Å²) in [5, 5.41) is 16.3. The Bertz CT molecular complexity index is 1010. The van der Waals surface area contributed by atoms with Gasteiger partial charge in [0.25, 0.3) is 5.91 Å². The number of hydrogen-bond acceptors (Lipinski definition) is 6. The molecule has 1 fully saturated rings. The van der Waals surface area contributed by atoms with Crippen molar-refractivity contribution in [3.05, 3.63) is 53.1 Å². The summed E-state index contributed by atoms with van der Waals surface area (Å²) >= 11 is 1.34. The van der Waals surface area contributed by atoms with Gasteiger partial charge in [-0.25, -0.2) is 9.37 Å². The first-order chi connectivity index (χ1) is 13.6. The number of allylic oxidation sites excluding steroid dienone is 1. The molecule has 1 aliphatic rings. The summed E-state index contributed by atoms with van der Waals surface area (Å²) in [7, 11) is 0. The number of halogens is 1. The van der Waals surface area contributed by atoms with Gasteiger partial charge < -0.3 is 0 Å². The summed E-state index contributed by atoms with van der Waals surface area (Å²) in [6.07, 6.45) is 7.97. The van der Waals surface area contributed by atoms with Crippen molar-refractivity contribution in [2.75, 3.05) is 5.32 Å². The van der Waals surface area contributed by atoms with Crippen LogP contribution in [0.15, 0.2) is 35.9 Å². The number of amides is 1. The van der Waals surface area contributed by atoms with Gasteiger partial charge in [0.05, 0.1) is 0 Å². The number of thiazole rings is 1. The van der Waals surface area contributed by atoms with E-state index in [1.165, 1.54) is 22.1 Å². The van der Waals surface area contributed by atoms with E-state index < -0.39 is 5.82 Å². The second kappa shape index (κ2) is 7.97. The van der Waals surface area contributed by atoms with Gasteiger partial charge in [-0.05, 0) is 53.8 Å². The average Bonchev–Trinajstić information content (AvgIpc) is 3.43. The molecule has 1 N–H and O–H groups in total. The fourth-order valence-electron chi connectivity index (χ4n) is 3.41. The van der Waals surface area contributed by atoms with Crippen LogP contribution in [0.3, 0.4) is 0 Å². The van der Waals surface area contributed by atoms with Crippen molar-refractivity contribution in [3.8, 4) is 5.69 Å². The Hall–Kier alpha value is -2.94. The molecule has 0 unspecified atom stereocenters. The third-order valence-corrected chi connectivity index (χ3v) is 5.50. The first-order valence-corrected chi connectivity index (χ1v) is 9.98. The Balaban J connectivity index is 1.68. The van der Waals surface area contributed by atoms with Gasteiger partial charge in [0.15, 0.2) is 11.0 Å². The molecule has 0 radical (unpaired) electrons. The maximum absolute atomic E-state index is 14.8. The fraction of sp³-hybridized carbons (Fsp3) is 0.316. The number of nitrogens with one attached hydrogen (secondary N) is 1. The zero-order valence-corrected chi connectivity index (χ0v) is 16.1. The third-order valence-electron chi connectivity index (χ3n) is 4.81. The van der Waals surface area contributed by atoms with Crippen LogP contribution in [0.25, 0.3) is 11.3 Å². The Morgan fingerprint density at radius 1 is 1.36 bits per heavy atom. The van der Waals surface area contributed by atoms with E-state index in [2.05, 4.69) is 25.8 Å². The van der Waals surface area contributed by atoms with E-state index in [-0.39, 0.29) is 11.6 Å². The lowest BCUT2D eigenvalue weighted by molar-refractivity contribution is -0.111. The van der Waals surface area contributed by atoms with Crippen molar-refractivity contribution >= 4 is 27.9 Å². The van der Waals surface area contributed by atoms with Crippen LogP contribution in [0.4, 0.5) is 9.52 Å². The number of carbonyl (C=O) groups excluding carboxylic acids is 1. The average molecular weight is 398 g/mol. The van der Waals surface area contributed by atoms with E-state index in [1.54, 1.807) is 30.6 Å². The van der Waals surface area contributed by atoms with Gasteiger partial charge in [0.1, 0.15) is 11.5 Å². The molecule has 2 aromatic heterocycles. The van der Waals surface area contributed by atoms with Gasteiger partial charge in [0, 0.05) is 17.2 Å². The Morgan fingerprint density at radius 2 is 2.18 bits per heavy atom. The summed E-state index contributed by atoms with van der Waals surface area (Å²) < 4.78 is 16.2. The molecule has 7 nitrogen and oxygen atoms in total. The quantitative estimate of drug-likeness (QED) is 0.661. The van der Waals surface area contributed by atoms with Gasteiger partial charge in [-0.15, -0.1) is 16.4 Å². The molecular formula is C19H19FN6OS. The molecule has 1 aromatic carbocycles. The van der Waals surface area contributed by atoms with Crippen LogP contribution >= 0.6 is 11.3 Å². The minimum Gasteiger partial charge on any atom is -0.298 e. The first kappa shape index (κ1) is 18.4. The van der Waals surface area contributed by atoms with Gasteiger partial charge in [-0.1, -0.05) is 25.0 Å². The molecule has 0 bridgehead atoms. The lowest BCUT2D eigenvalue weighted by Crippen LogP contribution is -2.15. The Kier molecular flexibility index (Phi) is 5.25. The highest BCUT2D eigenvalue weighted by atomic mass is 32.1. The van der Waals surface area contributed by atoms with Gasteiger partial charge in [-0.2, -0.15) is 4.68 Å². The molecule has 1 aliphatic carbocycles. The molecule has 28 heavy (non-hydrogen) atoms. The summed E-state index contributed by atoms with van der Waals surface area (Å²) in [4.78, 5) is 17.0. The molecule has 0 saturated heterocycles. The van der Waals surface area contributed by atoms with Crippen LogP contribution in [0.5, 0.6) is 0 Å². The molecule has 9 heteroatoms. The second-order valence-corrected chi connectivity index (χ2v) is 7.61. The topological polar surface area (TPSA) is 85.6 Å². The third kappa shape index (κ3) is 3.84. The number of hydrogen-bond donors (Lipinski definition) is 1. The van der Waals surface area contributed by atoms with E-state index in [0.717, 1.165) is 25.7 Å². The fourth-order valence-corrected chi connectivity index (χ4v) is 3.94. The molecule has 0 aliphatic heterocycles. The lowest BCUT2D eigenvalue weighted by atomic mass is 9.97. The van der Waals surface area contributed by atoms with Crippen molar-refractivity contribution in [1.82, 2.24) is 25.2 Å². The maximum Gasteiger partial charge on any atom is 0.257 e. The SMILES string of the molecule is Cc1nnnn1-c1ccc(C(=CC2CCCC2)C(=O)Nc2nccs2)cc1F. The highest BCUT2D eigenvalue weighted by Gasteiger charge is 2.20. The zero-order valence-electron chi connectivity index (χ0n) is 15.3. The maximum atomic E-state index is 14.8. The number of rotatable bonds is 5. The number of carbonyl (C=O) groups is 1. The minimum absolute atomic E-state index is 0.242.